The molecule has 0 aliphatic carbocycles. The second-order valence-electron chi connectivity index (χ2n) is 18.8. The summed E-state index contributed by atoms with van der Waals surface area (Å²) in [6, 6.07) is 0. The molecular formula is C52H105N. The van der Waals surface area contributed by atoms with Gasteiger partial charge in [0.2, 0.25) is 0 Å². The van der Waals surface area contributed by atoms with Crippen molar-refractivity contribution in [2.45, 2.75) is 305 Å². The van der Waals surface area contributed by atoms with E-state index < -0.39 is 0 Å². The Morgan fingerprint density at radius 3 is 0.943 bits per heavy atom. The Balaban J connectivity index is 4.34. The van der Waals surface area contributed by atoms with Crippen molar-refractivity contribution >= 4 is 5.71 Å². The van der Waals surface area contributed by atoms with E-state index in [1.165, 1.54) is 257 Å². The van der Waals surface area contributed by atoms with Crippen molar-refractivity contribution in [2.75, 3.05) is 0 Å². The first-order chi connectivity index (χ1) is 26.0. The average molecular weight is 744 g/mol. The molecule has 0 spiro atoms. The van der Waals surface area contributed by atoms with Gasteiger partial charge in [0.25, 0.3) is 0 Å². The Morgan fingerprint density at radius 2 is 0.623 bits per heavy atom. The summed E-state index contributed by atoms with van der Waals surface area (Å²) in [4.78, 5) is 0. The van der Waals surface area contributed by atoms with Crippen molar-refractivity contribution in [2.24, 2.45) is 23.7 Å². The minimum absolute atomic E-state index is 0.520. The van der Waals surface area contributed by atoms with E-state index in [1.807, 2.05) is 0 Å². The van der Waals surface area contributed by atoms with Crippen molar-refractivity contribution in [3.63, 3.8) is 0 Å². The van der Waals surface area contributed by atoms with Gasteiger partial charge in [0, 0.05) is 5.71 Å². The summed E-state index contributed by atoms with van der Waals surface area (Å²) >= 11 is 0. The van der Waals surface area contributed by atoms with E-state index in [0.717, 1.165) is 24.0 Å². The lowest BCUT2D eigenvalue weighted by Crippen LogP contribution is -2.19. The SMILES string of the molecule is CCCCCCCCCCCCCCCCC(CCCCCCCCCCCCCCCC)CCCCC(=N)C(CCCCCCC(C)CC)C(C)C. The molecule has 0 bridgehead atoms. The molecule has 0 saturated heterocycles. The van der Waals surface area contributed by atoms with Crippen LogP contribution in [-0.4, -0.2) is 5.71 Å². The zero-order valence-electron chi connectivity index (χ0n) is 38.3. The van der Waals surface area contributed by atoms with Crippen molar-refractivity contribution in [3.05, 3.63) is 0 Å². The third-order valence-electron chi connectivity index (χ3n) is 13.2. The highest BCUT2D eigenvalue weighted by molar-refractivity contribution is 5.83. The van der Waals surface area contributed by atoms with E-state index in [2.05, 4.69) is 41.5 Å². The predicted octanol–water partition coefficient (Wildman–Crippen LogP) is 19.6. The first-order valence-electron chi connectivity index (χ1n) is 25.5. The number of hydrogen-bond acceptors (Lipinski definition) is 1. The van der Waals surface area contributed by atoms with Crippen LogP contribution in [0.4, 0.5) is 0 Å². The molecule has 0 heterocycles. The maximum absolute atomic E-state index is 9.00. The Labute approximate surface area is 338 Å². The summed E-state index contributed by atoms with van der Waals surface area (Å²) in [5.74, 6) is 2.97. The normalized spacial score (nSPS) is 13.1. The molecule has 0 aromatic heterocycles. The van der Waals surface area contributed by atoms with Gasteiger partial charge in [-0.1, -0.05) is 286 Å². The highest BCUT2D eigenvalue weighted by atomic mass is 14.5. The maximum atomic E-state index is 9.00. The summed E-state index contributed by atoms with van der Waals surface area (Å²) in [6.45, 7) is 14.1. The fourth-order valence-electron chi connectivity index (χ4n) is 8.95. The van der Waals surface area contributed by atoms with Gasteiger partial charge in [-0.3, -0.25) is 0 Å². The summed E-state index contributed by atoms with van der Waals surface area (Å²) in [7, 11) is 0. The zero-order chi connectivity index (χ0) is 38.9. The quantitative estimate of drug-likeness (QED) is 0.0474. The van der Waals surface area contributed by atoms with Crippen molar-refractivity contribution < 1.29 is 0 Å². The van der Waals surface area contributed by atoms with Gasteiger partial charge in [-0.05, 0) is 42.9 Å². The van der Waals surface area contributed by atoms with Crippen LogP contribution in [0, 0.1) is 29.1 Å². The number of unbranched alkanes of at least 4 members (excludes halogenated alkanes) is 30. The van der Waals surface area contributed by atoms with Gasteiger partial charge in [0.15, 0.2) is 0 Å². The summed E-state index contributed by atoms with van der Waals surface area (Å²) in [5.41, 5.74) is 1.08. The third kappa shape index (κ3) is 38.3. The summed E-state index contributed by atoms with van der Waals surface area (Å²) < 4.78 is 0. The molecular weight excluding hydrogens is 639 g/mol. The second kappa shape index (κ2) is 42.8. The smallest absolute Gasteiger partial charge is 0.0123 e. The third-order valence-corrected chi connectivity index (χ3v) is 13.2. The monoisotopic (exact) mass is 744 g/mol. The second-order valence-corrected chi connectivity index (χ2v) is 18.8. The first kappa shape index (κ1) is 52.7. The van der Waals surface area contributed by atoms with Gasteiger partial charge in [-0.2, -0.15) is 0 Å². The van der Waals surface area contributed by atoms with Crippen LogP contribution in [0.3, 0.4) is 0 Å². The molecule has 0 saturated carbocycles. The van der Waals surface area contributed by atoms with Crippen molar-refractivity contribution in [3.8, 4) is 0 Å². The van der Waals surface area contributed by atoms with Crippen LogP contribution >= 0.6 is 0 Å². The molecule has 2 unspecified atom stereocenters. The lowest BCUT2D eigenvalue weighted by molar-refractivity contribution is 0.367. The van der Waals surface area contributed by atoms with Crippen LogP contribution < -0.4 is 0 Å². The fourth-order valence-corrected chi connectivity index (χ4v) is 8.95. The molecule has 1 N–H and O–H groups in total. The van der Waals surface area contributed by atoms with Gasteiger partial charge in [0.05, 0.1) is 0 Å². The Bertz CT molecular complexity index is 663. The summed E-state index contributed by atoms with van der Waals surface area (Å²) in [6.07, 6.45) is 58.4. The molecule has 0 fully saturated rings. The van der Waals surface area contributed by atoms with Gasteiger partial charge < -0.3 is 5.41 Å². The largest absolute Gasteiger partial charge is 0.309 e. The molecule has 0 radical (unpaired) electrons. The first-order valence-corrected chi connectivity index (χ1v) is 25.5. The van der Waals surface area contributed by atoms with E-state index >= 15 is 0 Å². The van der Waals surface area contributed by atoms with E-state index in [0.29, 0.717) is 11.8 Å². The van der Waals surface area contributed by atoms with E-state index in [9.17, 15) is 0 Å². The fraction of sp³-hybridized carbons (Fsp3) is 0.981. The molecule has 0 rings (SSSR count). The lowest BCUT2D eigenvalue weighted by atomic mass is 9.83. The molecule has 0 amide bonds. The van der Waals surface area contributed by atoms with E-state index in [1.54, 1.807) is 0 Å². The number of hydrogen-bond donors (Lipinski definition) is 1. The highest BCUT2D eigenvalue weighted by Crippen LogP contribution is 2.27. The lowest BCUT2D eigenvalue weighted by Gasteiger charge is -2.22. The molecule has 2 atom stereocenters. The molecule has 53 heavy (non-hydrogen) atoms. The van der Waals surface area contributed by atoms with Crippen LogP contribution in [0.15, 0.2) is 0 Å². The maximum Gasteiger partial charge on any atom is 0.0123 e. The topological polar surface area (TPSA) is 23.9 Å². The predicted molar refractivity (Wildman–Crippen MR) is 245 cm³/mol. The molecule has 318 valence electrons. The van der Waals surface area contributed by atoms with Gasteiger partial charge in [-0.15, -0.1) is 0 Å². The molecule has 1 nitrogen and oxygen atoms in total. The van der Waals surface area contributed by atoms with Gasteiger partial charge in [-0.25, -0.2) is 0 Å². The Kier molecular flexibility index (Phi) is 42.5. The minimum Gasteiger partial charge on any atom is -0.309 e. The van der Waals surface area contributed by atoms with E-state index in [-0.39, 0.29) is 0 Å². The van der Waals surface area contributed by atoms with Crippen LogP contribution in [0.2, 0.25) is 0 Å². The van der Waals surface area contributed by atoms with Crippen molar-refractivity contribution in [1.82, 2.24) is 0 Å². The van der Waals surface area contributed by atoms with Crippen LogP contribution in [0.5, 0.6) is 0 Å². The molecule has 0 aromatic carbocycles. The summed E-state index contributed by atoms with van der Waals surface area (Å²) in [5, 5.41) is 9.00. The number of nitrogens with one attached hydrogen (secondary N) is 1. The van der Waals surface area contributed by atoms with Crippen molar-refractivity contribution in [1.29, 1.82) is 5.41 Å². The average Bonchev–Trinajstić information content (AvgIpc) is 3.15. The van der Waals surface area contributed by atoms with Crippen LogP contribution in [-0.2, 0) is 0 Å². The number of rotatable bonds is 45. The standard InChI is InChI=1S/C52H105N/c1-7-10-12-14-16-18-20-22-24-26-28-30-32-37-43-50(44-38-33-31-29-27-25-23-21-19-17-15-13-11-8-2)45-40-41-47-52(53)51(48(4)5)46-39-35-34-36-42-49(6)9-3/h48-51,53H,7-47H2,1-6H3. The van der Waals surface area contributed by atoms with Crippen LogP contribution in [0.1, 0.15) is 305 Å². The molecule has 0 aromatic rings. The van der Waals surface area contributed by atoms with Crippen LogP contribution in [0.25, 0.3) is 0 Å². The molecule has 0 aliphatic rings. The molecule has 0 aliphatic heterocycles. The van der Waals surface area contributed by atoms with E-state index in [4.69, 9.17) is 5.41 Å². The Morgan fingerprint density at radius 1 is 0.340 bits per heavy atom. The van der Waals surface area contributed by atoms with Gasteiger partial charge in [0.1, 0.15) is 0 Å². The molecule has 1 heteroatoms. The Hall–Kier alpha value is -0.330. The minimum atomic E-state index is 0.520. The van der Waals surface area contributed by atoms with Gasteiger partial charge >= 0.3 is 0 Å². The highest BCUT2D eigenvalue weighted by Gasteiger charge is 2.18. The zero-order valence-corrected chi connectivity index (χ0v) is 38.3.